The molecule has 1 saturated carbocycles. The number of nitrogens with one attached hydrogen (secondary N) is 1. The number of rotatable bonds is 4. The van der Waals surface area contributed by atoms with Crippen LogP contribution in [0.3, 0.4) is 0 Å². The van der Waals surface area contributed by atoms with Crippen LogP contribution >= 0.6 is 0 Å². The van der Waals surface area contributed by atoms with Crippen LogP contribution in [0.25, 0.3) is 0 Å². The Hall–Kier alpha value is -1.91. The maximum absolute atomic E-state index is 11.8. The maximum atomic E-state index is 11.8. The van der Waals surface area contributed by atoms with Crippen LogP contribution < -0.4 is 5.32 Å². The summed E-state index contributed by atoms with van der Waals surface area (Å²) in [6.07, 6.45) is 4.77. The Morgan fingerprint density at radius 1 is 1.28 bits per heavy atom. The van der Waals surface area contributed by atoms with Crippen molar-refractivity contribution >= 4 is 11.9 Å². The van der Waals surface area contributed by atoms with E-state index in [0.29, 0.717) is 12.5 Å². The lowest BCUT2D eigenvalue weighted by atomic mass is 10.1. The zero-order valence-electron chi connectivity index (χ0n) is 10.1. The summed E-state index contributed by atoms with van der Waals surface area (Å²) >= 11 is 0. The van der Waals surface area contributed by atoms with Gasteiger partial charge in [-0.3, -0.25) is 4.79 Å². The van der Waals surface area contributed by atoms with Crippen molar-refractivity contribution in [2.75, 3.05) is 6.54 Å². The minimum atomic E-state index is -1.12. The summed E-state index contributed by atoms with van der Waals surface area (Å²) in [4.78, 5) is 26.4. The largest absolute Gasteiger partial charge is 0.477 e. The van der Waals surface area contributed by atoms with Crippen molar-refractivity contribution in [3.63, 3.8) is 0 Å². The van der Waals surface area contributed by atoms with E-state index in [1.807, 2.05) is 0 Å². The van der Waals surface area contributed by atoms with Crippen molar-refractivity contribution in [3.05, 3.63) is 29.6 Å². The van der Waals surface area contributed by atoms with Crippen molar-refractivity contribution < 1.29 is 14.7 Å². The average molecular weight is 248 g/mol. The van der Waals surface area contributed by atoms with Gasteiger partial charge in [0.15, 0.2) is 0 Å². The van der Waals surface area contributed by atoms with Crippen molar-refractivity contribution in [1.82, 2.24) is 10.3 Å². The minimum absolute atomic E-state index is 0.108. The molecule has 2 N–H and O–H groups in total. The van der Waals surface area contributed by atoms with Crippen LogP contribution in [-0.2, 0) is 0 Å². The molecule has 1 aromatic heterocycles. The Morgan fingerprint density at radius 2 is 1.94 bits per heavy atom. The van der Waals surface area contributed by atoms with E-state index in [0.717, 1.165) is 12.8 Å². The van der Waals surface area contributed by atoms with Gasteiger partial charge in [0, 0.05) is 6.54 Å². The van der Waals surface area contributed by atoms with E-state index in [2.05, 4.69) is 10.3 Å². The molecule has 0 atom stereocenters. The maximum Gasteiger partial charge on any atom is 0.354 e. The number of aromatic nitrogens is 1. The minimum Gasteiger partial charge on any atom is -0.477 e. The summed E-state index contributed by atoms with van der Waals surface area (Å²) in [5, 5.41) is 11.6. The molecule has 1 aliphatic carbocycles. The predicted molar refractivity (Wildman–Crippen MR) is 65.5 cm³/mol. The molecule has 5 heteroatoms. The van der Waals surface area contributed by atoms with Crippen LogP contribution in [0.1, 0.15) is 46.7 Å². The molecular formula is C13H16N2O3. The van der Waals surface area contributed by atoms with Crippen molar-refractivity contribution in [1.29, 1.82) is 0 Å². The molecule has 0 radical (unpaired) electrons. The molecule has 1 fully saturated rings. The monoisotopic (exact) mass is 248 g/mol. The Balaban J connectivity index is 1.95. The summed E-state index contributed by atoms with van der Waals surface area (Å²) in [5.74, 6) is -0.873. The second-order valence-corrected chi connectivity index (χ2v) is 4.57. The highest BCUT2D eigenvalue weighted by molar-refractivity contribution is 5.94. The lowest BCUT2D eigenvalue weighted by Crippen LogP contribution is -2.29. The predicted octanol–water partition coefficient (Wildman–Crippen LogP) is 1.70. The lowest BCUT2D eigenvalue weighted by Gasteiger charge is -2.10. The molecule has 0 aliphatic heterocycles. The van der Waals surface area contributed by atoms with Gasteiger partial charge in [0.25, 0.3) is 5.91 Å². The summed E-state index contributed by atoms with van der Waals surface area (Å²) in [7, 11) is 0. The second-order valence-electron chi connectivity index (χ2n) is 4.57. The van der Waals surface area contributed by atoms with E-state index in [-0.39, 0.29) is 17.3 Å². The van der Waals surface area contributed by atoms with Gasteiger partial charge in [-0.15, -0.1) is 0 Å². The van der Waals surface area contributed by atoms with Gasteiger partial charge < -0.3 is 10.4 Å². The molecule has 18 heavy (non-hydrogen) atoms. The smallest absolute Gasteiger partial charge is 0.354 e. The van der Waals surface area contributed by atoms with E-state index in [1.54, 1.807) is 0 Å². The highest BCUT2D eigenvalue weighted by atomic mass is 16.4. The van der Waals surface area contributed by atoms with Gasteiger partial charge in [0.2, 0.25) is 0 Å². The number of pyridine rings is 1. The number of aromatic carboxylic acids is 1. The molecule has 96 valence electrons. The average Bonchev–Trinajstić information content (AvgIpc) is 2.89. The van der Waals surface area contributed by atoms with Crippen molar-refractivity contribution in [2.24, 2.45) is 5.92 Å². The number of hydrogen-bond acceptors (Lipinski definition) is 3. The quantitative estimate of drug-likeness (QED) is 0.850. The standard InChI is InChI=1S/C13H16N2O3/c16-12(14-8-9-4-1-2-5-9)10-6-3-7-11(15-10)13(17)18/h3,6-7,9H,1-2,4-5,8H2,(H,14,16)(H,17,18). The fraction of sp³-hybridized carbons (Fsp3) is 0.462. The molecule has 1 amide bonds. The molecule has 0 saturated heterocycles. The normalized spacial score (nSPS) is 15.6. The summed E-state index contributed by atoms with van der Waals surface area (Å²) in [6, 6.07) is 4.42. The Labute approximate surface area is 105 Å². The van der Waals surface area contributed by atoms with Gasteiger partial charge in [-0.25, -0.2) is 9.78 Å². The molecule has 5 nitrogen and oxygen atoms in total. The first-order valence-electron chi connectivity index (χ1n) is 6.15. The first-order chi connectivity index (χ1) is 8.66. The number of carbonyl (C=O) groups is 2. The number of nitrogens with zero attached hydrogens (tertiary/aromatic N) is 1. The number of carboxylic acid groups (broad SMARTS) is 1. The van der Waals surface area contributed by atoms with Gasteiger partial charge in [-0.2, -0.15) is 0 Å². The highest BCUT2D eigenvalue weighted by Crippen LogP contribution is 2.23. The van der Waals surface area contributed by atoms with Gasteiger partial charge in [0.05, 0.1) is 0 Å². The highest BCUT2D eigenvalue weighted by Gasteiger charge is 2.17. The van der Waals surface area contributed by atoms with Crippen LogP contribution in [0.4, 0.5) is 0 Å². The molecule has 0 aromatic carbocycles. The fourth-order valence-corrected chi connectivity index (χ4v) is 2.22. The third-order valence-electron chi connectivity index (χ3n) is 3.23. The molecule has 1 aliphatic rings. The van der Waals surface area contributed by atoms with Crippen molar-refractivity contribution in [3.8, 4) is 0 Å². The molecule has 2 rings (SSSR count). The Morgan fingerprint density at radius 3 is 2.61 bits per heavy atom. The van der Waals surface area contributed by atoms with Gasteiger partial charge >= 0.3 is 5.97 Å². The number of amides is 1. The van der Waals surface area contributed by atoms with Crippen LogP contribution in [0.2, 0.25) is 0 Å². The molecule has 0 spiro atoms. The Bertz CT molecular complexity index is 453. The molecule has 0 bridgehead atoms. The molecule has 1 heterocycles. The van der Waals surface area contributed by atoms with E-state index in [1.165, 1.54) is 31.0 Å². The third-order valence-corrected chi connectivity index (χ3v) is 3.23. The fourth-order valence-electron chi connectivity index (χ4n) is 2.22. The first kappa shape index (κ1) is 12.5. The zero-order chi connectivity index (χ0) is 13.0. The topological polar surface area (TPSA) is 79.3 Å². The number of carbonyl (C=O) groups excluding carboxylic acids is 1. The van der Waals surface area contributed by atoms with Crippen LogP contribution in [0, 0.1) is 5.92 Å². The van der Waals surface area contributed by atoms with E-state index in [9.17, 15) is 9.59 Å². The SMILES string of the molecule is O=C(O)c1cccc(C(=O)NCC2CCCC2)n1. The zero-order valence-corrected chi connectivity index (χ0v) is 10.1. The van der Waals surface area contributed by atoms with E-state index < -0.39 is 5.97 Å². The lowest BCUT2D eigenvalue weighted by molar-refractivity contribution is 0.0690. The van der Waals surface area contributed by atoms with Crippen LogP contribution in [-0.4, -0.2) is 28.5 Å². The summed E-state index contributed by atoms with van der Waals surface area (Å²) in [5.41, 5.74) is 0.0522. The summed E-state index contributed by atoms with van der Waals surface area (Å²) < 4.78 is 0. The Kier molecular flexibility index (Phi) is 3.92. The van der Waals surface area contributed by atoms with Crippen LogP contribution in [0.5, 0.6) is 0 Å². The van der Waals surface area contributed by atoms with E-state index >= 15 is 0 Å². The van der Waals surface area contributed by atoms with E-state index in [4.69, 9.17) is 5.11 Å². The van der Waals surface area contributed by atoms with Gasteiger partial charge in [-0.1, -0.05) is 18.9 Å². The first-order valence-corrected chi connectivity index (χ1v) is 6.15. The molecule has 1 aromatic rings. The second kappa shape index (κ2) is 5.62. The molecule has 0 unspecified atom stereocenters. The number of hydrogen-bond donors (Lipinski definition) is 2. The third kappa shape index (κ3) is 3.06. The van der Waals surface area contributed by atoms with Crippen molar-refractivity contribution in [2.45, 2.75) is 25.7 Å². The molecular weight excluding hydrogens is 232 g/mol. The van der Waals surface area contributed by atoms with Gasteiger partial charge in [0.1, 0.15) is 11.4 Å². The number of carboxylic acids is 1. The summed E-state index contributed by atoms with van der Waals surface area (Å²) in [6.45, 7) is 0.651. The van der Waals surface area contributed by atoms with Gasteiger partial charge in [-0.05, 0) is 30.9 Å². The van der Waals surface area contributed by atoms with Crippen LogP contribution in [0.15, 0.2) is 18.2 Å².